The number of hydrogen-bond donors (Lipinski definition) is 1. The average Bonchev–Trinajstić information content (AvgIpc) is 3.54. The first-order chi connectivity index (χ1) is 18.4. The van der Waals surface area contributed by atoms with Gasteiger partial charge in [-0.15, -0.1) is 0 Å². The molecule has 11 nitrogen and oxygen atoms in total. The molecule has 1 aliphatic rings. The third-order valence-electron chi connectivity index (χ3n) is 6.95. The van der Waals surface area contributed by atoms with Crippen molar-refractivity contribution in [2.24, 2.45) is 14.1 Å². The highest BCUT2D eigenvalue weighted by atomic mass is 16.2. The number of aromatic nitrogens is 6. The molecule has 0 saturated carbocycles. The van der Waals surface area contributed by atoms with E-state index in [1.807, 2.05) is 32.4 Å². The SMILES string of the molecule is Cn1cc(-c2ccc(CN(C(=O)c3ccc4nc(N)c5cnn(C)c5c4c3)N3CCCCC3=O)nc2)cn1. The summed E-state index contributed by atoms with van der Waals surface area (Å²) < 4.78 is 3.46. The number of anilines is 1. The molecule has 5 aromatic rings. The Kier molecular flexibility index (Phi) is 5.74. The van der Waals surface area contributed by atoms with Crippen LogP contribution in [0.2, 0.25) is 0 Å². The van der Waals surface area contributed by atoms with E-state index in [4.69, 9.17) is 5.73 Å². The minimum atomic E-state index is -0.285. The Hall–Kier alpha value is -4.80. The van der Waals surface area contributed by atoms with Gasteiger partial charge in [0.15, 0.2) is 0 Å². The molecule has 11 heteroatoms. The minimum Gasteiger partial charge on any atom is -0.383 e. The van der Waals surface area contributed by atoms with Crippen LogP contribution < -0.4 is 5.73 Å². The van der Waals surface area contributed by atoms with Crippen molar-refractivity contribution >= 4 is 39.4 Å². The van der Waals surface area contributed by atoms with Crippen LogP contribution in [0.15, 0.2) is 55.1 Å². The fourth-order valence-corrected chi connectivity index (χ4v) is 4.97. The van der Waals surface area contributed by atoms with Gasteiger partial charge in [0, 0.05) is 61.5 Å². The second kappa shape index (κ2) is 9.25. The van der Waals surface area contributed by atoms with E-state index in [0.717, 1.165) is 40.3 Å². The van der Waals surface area contributed by atoms with Crippen molar-refractivity contribution in [3.05, 3.63) is 66.4 Å². The molecule has 6 rings (SSSR count). The Labute approximate surface area is 218 Å². The molecule has 0 spiro atoms. The standard InChI is InChI=1S/C27H27N9O2/c1-33-15-19(13-30-33)18-6-8-20(29-12-18)16-36(35-10-4-3-5-24(35)37)27(38)17-7-9-23-21(11-17)25-22(26(28)32-23)14-31-34(25)2/h6-9,11-15H,3-5,10,16H2,1-2H3,(H2,28,32). The molecular weight excluding hydrogens is 482 g/mol. The number of carbonyl (C=O) groups is 2. The summed E-state index contributed by atoms with van der Waals surface area (Å²) in [5.41, 5.74) is 10.6. The van der Waals surface area contributed by atoms with Crippen LogP contribution in [-0.4, -0.2) is 57.9 Å². The molecule has 0 radical (unpaired) electrons. The molecule has 38 heavy (non-hydrogen) atoms. The lowest BCUT2D eigenvalue weighted by atomic mass is 10.1. The Morgan fingerprint density at radius 2 is 1.89 bits per heavy atom. The number of nitrogens with two attached hydrogens (primary N) is 1. The number of hydrogen-bond acceptors (Lipinski definition) is 7. The summed E-state index contributed by atoms with van der Waals surface area (Å²) in [4.78, 5) is 36.0. The first kappa shape index (κ1) is 23.6. The zero-order valence-corrected chi connectivity index (χ0v) is 21.2. The van der Waals surface area contributed by atoms with Gasteiger partial charge in [-0.25, -0.2) is 9.99 Å². The third kappa shape index (κ3) is 4.11. The molecule has 0 aliphatic carbocycles. The highest BCUT2D eigenvalue weighted by Crippen LogP contribution is 2.29. The number of aryl methyl sites for hydroxylation is 2. The minimum absolute atomic E-state index is 0.0687. The van der Waals surface area contributed by atoms with E-state index in [9.17, 15) is 9.59 Å². The van der Waals surface area contributed by atoms with E-state index in [2.05, 4.69) is 20.2 Å². The lowest BCUT2D eigenvalue weighted by Crippen LogP contribution is -2.51. The van der Waals surface area contributed by atoms with Crippen LogP contribution in [0.5, 0.6) is 0 Å². The maximum atomic E-state index is 14.0. The molecule has 4 aromatic heterocycles. The van der Waals surface area contributed by atoms with Crippen LogP contribution in [0.1, 0.15) is 35.3 Å². The maximum absolute atomic E-state index is 14.0. The number of fused-ring (bicyclic) bond motifs is 3. The molecule has 0 bridgehead atoms. The van der Waals surface area contributed by atoms with Crippen LogP contribution in [0, 0.1) is 0 Å². The van der Waals surface area contributed by atoms with Crippen LogP contribution in [0.3, 0.4) is 0 Å². The van der Waals surface area contributed by atoms with Crippen molar-refractivity contribution in [1.82, 2.24) is 39.5 Å². The molecule has 5 heterocycles. The zero-order valence-electron chi connectivity index (χ0n) is 21.2. The van der Waals surface area contributed by atoms with Crippen LogP contribution in [0.25, 0.3) is 32.9 Å². The number of nitrogens with zero attached hydrogens (tertiary/aromatic N) is 8. The second-order valence-electron chi connectivity index (χ2n) is 9.54. The Balaban J connectivity index is 1.37. The number of piperidine rings is 1. The van der Waals surface area contributed by atoms with Gasteiger partial charge in [0.2, 0.25) is 5.91 Å². The molecule has 1 aliphatic heterocycles. The highest BCUT2D eigenvalue weighted by Gasteiger charge is 2.30. The third-order valence-corrected chi connectivity index (χ3v) is 6.95. The van der Waals surface area contributed by atoms with Crippen molar-refractivity contribution in [2.45, 2.75) is 25.8 Å². The number of nitrogen functional groups attached to an aromatic ring is 1. The van der Waals surface area contributed by atoms with Crippen LogP contribution in [0.4, 0.5) is 5.82 Å². The summed E-state index contributed by atoms with van der Waals surface area (Å²) >= 11 is 0. The average molecular weight is 510 g/mol. The zero-order chi connectivity index (χ0) is 26.4. The van der Waals surface area contributed by atoms with E-state index in [1.54, 1.807) is 51.2 Å². The molecule has 2 amide bonds. The van der Waals surface area contributed by atoms with E-state index >= 15 is 0 Å². The van der Waals surface area contributed by atoms with Gasteiger partial charge in [0.05, 0.1) is 41.1 Å². The molecule has 2 N–H and O–H groups in total. The largest absolute Gasteiger partial charge is 0.383 e. The lowest BCUT2D eigenvalue weighted by molar-refractivity contribution is -0.148. The van der Waals surface area contributed by atoms with Gasteiger partial charge in [-0.2, -0.15) is 10.2 Å². The number of hydrazine groups is 1. The van der Waals surface area contributed by atoms with Crippen molar-refractivity contribution < 1.29 is 9.59 Å². The van der Waals surface area contributed by atoms with Crippen molar-refractivity contribution in [3.8, 4) is 11.1 Å². The Morgan fingerprint density at radius 3 is 2.63 bits per heavy atom. The summed E-state index contributed by atoms with van der Waals surface area (Å²) in [5, 5.41) is 13.1. The number of benzene rings is 1. The monoisotopic (exact) mass is 509 g/mol. The van der Waals surface area contributed by atoms with Crippen molar-refractivity contribution in [3.63, 3.8) is 0 Å². The van der Waals surface area contributed by atoms with Gasteiger partial charge in [0.25, 0.3) is 5.91 Å². The Morgan fingerprint density at radius 1 is 1.03 bits per heavy atom. The molecule has 1 aromatic carbocycles. The topological polar surface area (TPSA) is 128 Å². The fourth-order valence-electron chi connectivity index (χ4n) is 4.97. The summed E-state index contributed by atoms with van der Waals surface area (Å²) in [7, 11) is 3.69. The highest BCUT2D eigenvalue weighted by molar-refractivity contribution is 6.10. The maximum Gasteiger partial charge on any atom is 0.272 e. The summed E-state index contributed by atoms with van der Waals surface area (Å²) in [6.07, 6.45) is 9.19. The summed E-state index contributed by atoms with van der Waals surface area (Å²) in [6.45, 7) is 0.646. The number of rotatable bonds is 5. The van der Waals surface area contributed by atoms with E-state index in [1.165, 1.54) is 5.01 Å². The van der Waals surface area contributed by atoms with Gasteiger partial charge >= 0.3 is 0 Å². The molecule has 1 fully saturated rings. The lowest BCUT2D eigenvalue weighted by Gasteiger charge is -2.37. The predicted octanol–water partition coefficient (Wildman–Crippen LogP) is 3.07. The Bertz CT molecular complexity index is 1690. The van der Waals surface area contributed by atoms with Crippen LogP contribution in [-0.2, 0) is 25.4 Å². The molecular formula is C27H27N9O2. The van der Waals surface area contributed by atoms with Gasteiger partial charge < -0.3 is 5.73 Å². The first-order valence-electron chi connectivity index (χ1n) is 12.5. The van der Waals surface area contributed by atoms with Crippen molar-refractivity contribution in [1.29, 1.82) is 0 Å². The molecule has 0 unspecified atom stereocenters. The van der Waals surface area contributed by atoms with E-state index in [0.29, 0.717) is 35.6 Å². The van der Waals surface area contributed by atoms with Crippen molar-refractivity contribution in [2.75, 3.05) is 12.3 Å². The van der Waals surface area contributed by atoms with Gasteiger partial charge in [-0.3, -0.25) is 28.9 Å². The van der Waals surface area contributed by atoms with Gasteiger partial charge in [-0.05, 0) is 37.1 Å². The normalized spacial score (nSPS) is 13.9. The number of pyridine rings is 2. The first-order valence-corrected chi connectivity index (χ1v) is 12.5. The summed E-state index contributed by atoms with van der Waals surface area (Å²) in [5.74, 6) is 0.0364. The smallest absolute Gasteiger partial charge is 0.272 e. The van der Waals surface area contributed by atoms with E-state index < -0.39 is 0 Å². The number of amides is 2. The van der Waals surface area contributed by atoms with Gasteiger partial charge in [-0.1, -0.05) is 6.07 Å². The summed E-state index contributed by atoms with van der Waals surface area (Å²) in [6, 6.07) is 9.13. The fraction of sp³-hybridized carbons (Fsp3) is 0.259. The van der Waals surface area contributed by atoms with E-state index in [-0.39, 0.29) is 18.4 Å². The second-order valence-corrected chi connectivity index (χ2v) is 9.54. The van der Waals surface area contributed by atoms with Gasteiger partial charge in [0.1, 0.15) is 5.82 Å². The molecule has 1 saturated heterocycles. The van der Waals surface area contributed by atoms with Crippen LogP contribution >= 0.6 is 0 Å². The quantitative estimate of drug-likeness (QED) is 0.386. The molecule has 192 valence electrons. The number of carbonyl (C=O) groups excluding carboxylic acids is 2. The molecule has 0 atom stereocenters. The predicted molar refractivity (Wildman–Crippen MR) is 142 cm³/mol.